The van der Waals surface area contributed by atoms with Crippen LogP contribution in [0.25, 0.3) is 65.3 Å². The Kier molecular flexibility index (Phi) is 6.27. The van der Waals surface area contributed by atoms with E-state index in [4.69, 9.17) is 0 Å². The van der Waals surface area contributed by atoms with Crippen LogP contribution in [0.1, 0.15) is 0 Å². The minimum absolute atomic E-state index is 1.29. The van der Waals surface area contributed by atoms with E-state index in [0.29, 0.717) is 0 Å². The van der Waals surface area contributed by atoms with Gasteiger partial charge in [0.25, 0.3) is 0 Å². The molecule has 0 N–H and O–H groups in total. The maximum atomic E-state index is 2.54. The van der Waals surface area contributed by atoms with Crippen LogP contribution in [-0.2, 0) is 0 Å². The van der Waals surface area contributed by atoms with Crippen LogP contribution in [-0.4, -0.2) is 16.1 Å². The lowest BCUT2D eigenvalue weighted by molar-refractivity contribution is 1.67. The lowest BCUT2D eigenvalue weighted by Crippen LogP contribution is -2.37. The van der Waals surface area contributed by atoms with Crippen LogP contribution in [0.4, 0.5) is 0 Å². The predicted octanol–water partition coefficient (Wildman–Crippen LogP) is 10.7. The predicted molar refractivity (Wildman–Crippen MR) is 193 cm³/mol. The molecule has 0 fully saturated rings. The van der Waals surface area contributed by atoms with Crippen molar-refractivity contribution in [3.05, 3.63) is 121 Å². The molecule has 0 heterocycles. The molecular weight excluding hydrogens is 537 g/mol. The number of hydrogen-bond acceptors (Lipinski definition) is 0. The maximum Gasteiger partial charge on any atom is 0.0776 e. The maximum absolute atomic E-state index is 2.54. The summed E-state index contributed by atoms with van der Waals surface area (Å²) in [5.74, 6) is 0. The Morgan fingerprint density at radius 2 is 0.714 bits per heavy atom. The van der Waals surface area contributed by atoms with E-state index in [1.54, 1.807) is 0 Å². The first kappa shape index (κ1) is 26.9. The molecule has 2 heteroatoms. The summed E-state index contributed by atoms with van der Waals surface area (Å²) in [5.41, 5.74) is 5.37. The molecular formula is C40H38Si2. The van der Waals surface area contributed by atoms with Gasteiger partial charge in [0.1, 0.15) is 0 Å². The Morgan fingerprint density at radius 1 is 0.333 bits per heavy atom. The molecule has 0 saturated heterocycles. The summed E-state index contributed by atoms with van der Waals surface area (Å²) >= 11 is 0. The van der Waals surface area contributed by atoms with E-state index < -0.39 is 16.1 Å². The zero-order valence-corrected chi connectivity index (χ0v) is 27.5. The Balaban J connectivity index is 1.75. The lowest BCUT2D eigenvalue weighted by atomic mass is 9.83. The van der Waals surface area contributed by atoms with Crippen molar-refractivity contribution in [3.63, 3.8) is 0 Å². The summed E-state index contributed by atoms with van der Waals surface area (Å²) in [7, 11) is -3.13. The van der Waals surface area contributed by atoms with Crippen LogP contribution in [0.5, 0.6) is 0 Å². The highest BCUT2D eigenvalue weighted by molar-refractivity contribution is 6.89. The van der Waals surface area contributed by atoms with Crippen molar-refractivity contribution in [2.24, 2.45) is 0 Å². The molecule has 0 radical (unpaired) electrons. The van der Waals surface area contributed by atoms with Crippen molar-refractivity contribution in [1.29, 1.82) is 0 Å². The number of hydrogen-bond donors (Lipinski definition) is 0. The molecule has 0 unspecified atom stereocenters. The molecule has 7 rings (SSSR count). The van der Waals surface area contributed by atoms with Gasteiger partial charge in [-0.25, -0.2) is 0 Å². The second kappa shape index (κ2) is 9.79. The van der Waals surface area contributed by atoms with Crippen LogP contribution in [0.3, 0.4) is 0 Å². The van der Waals surface area contributed by atoms with E-state index in [9.17, 15) is 0 Å². The van der Waals surface area contributed by atoms with Gasteiger partial charge in [0.2, 0.25) is 0 Å². The van der Waals surface area contributed by atoms with Crippen LogP contribution >= 0.6 is 0 Å². The van der Waals surface area contributed by atoms with E-state index in [1.807, 2.05) is 0 Å². The summed E-state index contributed by atoms with van der Waals surface area (Å²) in [6.45, 7) is 14.7. The lowest BCUT2D eigenvalue weighted by Gasteiger charge is -2.24. The van der Waals surface area contributed by atoms with Gasteiger partial charge in [0, 0.05) is 0 Å². The quantitative estimate of drug-likeness (QED) is 0.145. The van der Waals surface area contributed by atoms with Crippen LogP contribution in [0.2, 0.25) is 39.3 Å². The van der Waals surface area contributed by atoms with E-state index in [0.717, 1.165) is 0 Å². The summed E-state index contributed by atoms with van der Waals surface area (Å²) in [5, 5.41) is 13.6. The van der Waals surface area contributed by atoms with Crippen molar-refractivity contribution in [2.45, 2.75) is 39.3 Å². The molecule has 0 aliphatic rings. The first-order chi connectivity index (χ1) is 20.1. The van der Waals surface area contributed by atoms with Gasteiger partial charge in [-0.3, -0.25) is 0 Å². The average molecular weight is 575 g/mol. The van der Waals surface area contributed by atoms with Gasteiger partial charge >= 0.3 is 0 Å². The Hall–Kier alpha value is -3.99. The minimum Gasteiger partial charge on any atom is -0.0656 e. The first-order valence-electron chi connectivity index (χ1n) is 15.1. The molecule has 0 atom stereocenters. The smallest absolute Gasteiger partial charge is 0.0656 e. The minimum atomic E-state index is -1.56. The third-order valence-electron chi connectivity index (χ3n) is 8.97. The highest BCUT2D eigenvalue weighted by Crippen LogP contribution is 2.46. The number of benzene rings is 7. The van der Waals surface area contributed by atoms with Gasteiger partial charge in [0.15, 0.2) is 0 Å². The molecule has 0 bridgehead atoms. The van der Waals surface area contributed by atoms with Gasteiger partial charge in [-0.15, -0.1) is 0 Å². The van der Waals surface area contributed by atoms with E-state index in [-0.39, 0.29) is 0 Å². The van der Waals surface area contributed by atoms with E-state index in [1.165, 1.54) is 75.7 Å². The van der Waals surface area contributed by atoms with E-state index in [2.05, 4.69) is 161 Å². The molecule has 0 aliphatic heterocycles. The summed E-state index contributed by atoms with van der Waals surface area (Å²) < 4.78 is 0. The summed E-state index contributed by atoms with van der Waals surface area (Å²) in [4.78, 5) is 0. The fourth-order valence-corrected chi connectivity index (χ4v) is 8.95. The first-order valence-corrected chi connectivity index (χ1v) is 22.1. The van der Waals surface area contributed by atoms with Crippen LogP contribution in [0, 0.1) is 0 Å². The third-order valence-corrected chi connectivity index (χ3v) is 13.1. The molecule has 7 aromatic carbocycles. The SMILES string of the molecule is C[Si](C)(C)c1ccc2c(-c3cccc4ccccc34)c3cc([Si](C)(C)C)ccc3c(-c3cccc4ccccc34)c2c1. The van der Waals surface area contributed by atoms with Crippen molar-refractivity contribution >= 4 is 69.6 Å². The number of rotatable bonds is 4. The fraction of sp³-hybridized carbons (Fsp3) is 0.150. The van der Waals surface area contributed by atoms with Gasteiger partial charge in [-0.05, 0) is 65.3 Å². The molecule has 0 amide bonds. The molecule has 0 spiro atoms. The Bertz CT molecular complexity index is 1990. The Labute approximate surface area is 251 Å². The third kappa shape index (κ3) is 4.41. The summed E-state index contributed by atoms with van der Waals surface area (Å²) in [6, 6.07) is 46.1. The fourth-order valence-electron chi connectivity index (χ4n) is 6.63. The van der Waals surface area contributed by atoms with Crippen molar-refractivity contribution < 1.29 is 0 Å². The monoisotopic (exact) mass is 574 g/mol. The molecule has 0 aliphatic carbocycles. The van der Waals surface area contributed by atoms with Crippen molar-refractivity contribution in [3.8, 4) is 22.3 Å². The van der Waals surface area contributed by atoms with Gasteiger partial charge in [-0.1, -0.05) is 171 Å². The standard InChI is InChI=1S/C40H38Si2/c1-41(2,3)29-21-23-35-37(25-29)39(33-19-11-15-27-13-7-9-17-31(27)33)36-24-22-30(42(4,5)6)26-38(36)40(35)34-20-12-16-28-14-8-10-18-32(28)34/h7-26H,1-6H3. The van der Waals surface area contributed by atoms with E-state index >= 15 is 0 Å². The highest BCUT2D eigenvalue weighted by Gasteiger charge is 2.24. The van der Waals surface area contributed by atoms with Gasteiger partial charge in [0.05, 0.1) is 16.1 Å². The zero-order valence-electron chi connectivity index (χ0n) is 25.5. The highest BCUT2D eigenvalue weighted by atomic mass is 28.3. The zero-order chi connectivity index (χ0) is 29.2. The molecule has 7 aromatic rings. The van der Waals surface area contributed by atoms with Gasteiger partial charge < -0.3 is 0 Å². The largest absolute Gasteiger partial charge is 0.0776 e. The molecule has 206 valence electrons. The van der Waals surface area contributed by atoms with Crippen molar-refractivity contribution in [1.82, 2.24) is 0 Å². The number of fused-ring (bicyclic) bond motifs is 4. The molecule has 0 aromatic heterocycles. The topological polar surface area (TPSA) is 0 Å². The second-order valence-corrected chi connectivity index (χ2v) is 24.0. The molecule has 0 saturated carbocycles. The summed E-state index contributed by atoms with van der Waals surface area (Å²) in [6.07, 6.45) is 0. The normalized spacial score (nSPS) is 12.5. The molecule has 42 heavy (non-hydrogen) atoms. The second-order valence-electron chi connectivity index (χ2n) is 13.8. The van der Waals surface area contributed by atoms with Crippen LogP contribution < -0.4 is 10.4 Å². The Morgan fingerprint density at radius 3 is 1.12 bits per heavy atom. The molecule has 0 nitrogen and oxygen atoms in total. The van der Waals surface area contributed by atoms with Crippen molar-refractivity contribution in [2.75, 3.05) is 0 Å². The van der Waals surface area contributed by atoms with Crippen LogP contribution in [0.15, 0.2) is 121 Å². The van der Waals surface area contributed by atoms with Gasteiger partial charge in [-0.2, -0.15) is 0 Å². The average Bonchev–Trinajstić information content (AvgIpc) is 2.98.